The van der Waals surface area contributed by atoms with Gasteiger partial charge in [-0.1, -0.05) is 66.2 Å². The lowest BCUT2D eigenvalue weighted by molar-refractivity contribution is 0.673. The number of hydrogen-bond donors (Lipinski definition) is 1. The molecule has 0 fully saturated rings. The van der Waals surface area contributed by atoms with Crippen LogP contribution in [-0.2, 0) is 14.1 Å². The molecule has 3 heterocycles. The number of nitrogens with zero attached hydrogens (tertiary/aromatic N) is 3. The Hall–Kier alpha value is -3.94. The van der Waals surface area contributed by atoms with Gasteiger partial charge in [-0.2, -0.15) is 0 Å². The van der Waals surface area contributed by atoms with Crippen LogP contribution in [0.2, 0.25) is 5.02 Å². The molecule has 6 nitrogen and oxygen atoms in total. The fourth-order valence-electron chi connectivity index (χ4n) is 4.79. The number of anilines is 1. The third kappa shape index (κ3) is 3.51. The average molecular weight is 513 g/mol. The molecule has 1 N–H and O–H groups in total. The molecule has 5 aromatic rings. The van der Waals surface area contributed by atoms with Gasteiger partial charge in [0.05, 0.1) is 21.5 Å². The SMILES string of the molecule is Cn1c2c(c(=O)n(C)c1=O)[C@@H](c1ccc(Cl)cc1)C(c1nc3ccccc3s1)=C(c1ccccc1)N2. The predicted molar refractivity (Wildman–Crippen MR) is 147 cm³/mol. The number of aromatic nitrogens is 3. The highest BCUT2D eigenvalue weighted by molar-refractivity contribution is 7.19. The van der Waals surface area contributed by atoms with Crippen molar-refractivity contribution in [3.05, 3.63) is 126 Å². The summed E-state index contributed by atoms with van der Waals surface area (Å²) in [6.45, 7) is 0. The minimum atomic E-state index is -0.472. The highest BCUT2D eigenvalue weighted by Gasteiger charge is 2.37. The molecule has 178 valence electrons. The normalized spacial score (nSPS) is 15.1. The van der Waals surface area contributed by atoms with Crippen LogP contribution in [0.5, 0.6) is 0 Å². The van der Waals surface area contributed by atoms with Crippen LogP contribution in [0.1, 0.15) is 27.6 Å². The largest absolute Gasteiger partial charge is 0.340 e. The summed E-state index contributed by atoms with van der Waals surface area (Å²) in [7, 11) is 3.19. The molecule has 0 amide bonds. The highest BCUT2D eigenvalue weighted by atomic mass is 35.5. The van der Waals surface area contributed by atoms with Gasteiger partial charge in [-0.05, 0) is 35.4 Å². The summed E-state index contributed by atoms with van der Waals surface area (Å²) in [4.78, 5) is 31.6. The summed E-state index contributed by atoms with van der Waals surface area (Å²) < 4.78 is 3.71. The van der Waals surface area contributed by atoms with Crippen LogP contribution in [0, 0.1) is 0 Å². The van der Waals surface area contributed by atoms with Crippen LogP contribution in [0.15, 0.2) is 88.5 Å². The number of thiazole rings is 1. The summed E-state index contributed by atoms with van der Waals surface area (Å²) in [5.74, 6) is 0.00606. The number of fused-ring (bicyclic) bond motifs is 2. The molecule has 3 aromatic carbocycles. The number of allylic oxidation sites excluding steroid dienone is 1. The van der Waals surface area contributed by atoms with Crippen molar-refractivity contribution in [2.24, 2.45) is 14.1 Å². The van der Waals surface area contributed by atoms with E-state index in [1.807, 2.05) is 78.9 Å². The lowest BCUT2D eigenvalue weighted by Crippen LogP contribution is -2.42. The molecule has 1 atom stereocenters. The Kier molecular flexibility index (Phi) is 5.39. The number of halogens is 1. The quantitative estimate of drug-likeness (QED) is 0.348. The van der Waals surface area contributed by atoms with Gasteiger partial charge in [-0.15, -0.1) is 11.3 Å². The molecule has 2 aromatic heterocycles. The van der Waals surface area contributed by atoms with E-state index in [4.69, 9.17) is 16.6 Å². The number of hydrogen-bond acceptors (Lipinski definition) is 5. The maximum atomic E-state index is 13.7. The zero-order chi connectivity index (χ0) is 25.0. The van der Waals surface area contributed by atoms with Crippen molar-refractivity contribution in [3.63, 3.8) is 0 Å². The molecule has 1 aliphatic heterocycles. The van der Waals surface area contributed by atoms with Crippen LogP contribution in [0.25, 0.3) is 21.5 Å². The standard InChI is InChI=1S/C28H21ClN4O2S/c1-32-25-23(27(34)33(2)28(32)35)21(16-12-14-18(29)15-13-16)22(24(31-25)17-8-4-3-5-9-17)26-30-19-10-6-7-11-20(19)36-26/h3-15,21,31H,1-2H3/t21-/m0/s1. The summed E-state index contributed by atoms with van der Waals surface area (Å²) >= 11 is 7.82. The zero-order valence-electron chi connectivity index (χ0n) is 19.5. The zero-order valence-corrected chi connectivity index (χ0v) is 21.1. The van der Waals surface area contributed by atoms with E-state index in [2.05, 4.69) is 5.32 Å². The van der Waals surface area contributed by atoms with E-state index in [0.717, 1.165) is 42.2 Å². The molecule has 0 saturated carbocycles. The van der Waals surface area contributed by atoms with Gasteiger partial charge in [-0.25, -0.2) is 9.78 Å². The maximum absolute atomic E-state index is 13.7. The van der Waals surface area contributed by atoms with Crippen molar-refractivity contribution >= 4 is 50.2 Å². The van der Waals surface area contributed by atoms with Gasteiger partial charge in [0.25, 0.3) is 5.56 Å². The summed E-state index contributed by atoms with van der Waals surface area (Å²) in [5.41, 5.74) is 4.17. The van der Waals surface area contributed by atoms with Gasteiger partial charge in [0, 0.05) is 30.6 Å². The van der Waals surface area contributed by atoms with Gasteiger partial charge in [-0.3, -0.25) is 13.9 Å². The van der Waals surface area contributed by atoms with Crippen LogP contribution >= 0.6 is 22.9 Å². The Morgan fingerprint density at radius 3 is 2.31 bits per heavy atom. The van der Waals surface area contributed by atoms with E-state index < -0.39 is 11.6 Å². The smallest absolute Gasteiger partial charge is 0.332 e. The first-order valence-corrected chi connectivity index (χ1v) is 12.6. The first-order valence-electron chi connectivity index (χ1n) is 11.4. The molecule has 0 bridgehead atoms. The van der Waals surface area contributed by atoms with E-state index in [-0.39, 0.29) is 5.56 Å². The van der Waals surface area contributed by atoms with Crippen molar-refractivity contribution in [2.75, 3.05) is 5.32 Å². The minimum Gasteiger partial charge on any atom is -0.340 e. The van der Waals surface area contributed by atoms with Gasteiger partial charge >= 0.3 is 5.69 Å². The fraction of sp³-hybridized carbons (Fsp3) is 0.107. The number of nitrogens with one attached hydrogen (secondary N) is 1. The molecular formula is C28H21ClN4O2S. The van der Waals surface area contributed by atoms with Gasteiger partial charge in [0.1, 0.15) is 10.8 Å². The Balaban J connectivity index is 1.76. The van der Waals surface area contributed by atoms with Crippen molar-refractivity contribution in [3.8, 4) is 0 Å². The maximum Gasteiger partial charge on any atom is 0.332 e. The molecule has 8 heteroatoms. The monoisotopic (exact) mass is 512 g/mol. The van der Waals surface area contributed by atoms with Gasteiger partial charge < -0.3 is 5.32 Å². The van der Waals surface area contributed by atoms with E-state index in [0.29, 0.717) is 16.4 Å². The lowest BCUT2D eigenvalue weighted by Gasteiger charge is -2.32. The lowest BCUT2D eigenvalue weighted by atomic mass is 9.81. The average Bonchev–Trinajstić information content (AvgIpc) is 3.34. The van der Waals surface area contributed by atoms with Crippen LogP contribution < -0.4 is 16.6 Å². The van der Waals surface area contributed by atoms with E-state index in [9.17, 15) is 9.59 Å². The third-order valence-electron chi connectivity index (χ3n) is 6.58. The molecule has 0 spiro atoms. The molecule has 0 aliphatic carbocycles. The van der Waals surface area contributed by atoms with E-state index in [1.165, 1.54) is 11.6 Å². The molecule has 0 saturated heterocycles. The summed E-state index contributed by atoms with van der Waals surface area (Å²) in [6.07, 6.45) is 0. The number of para-hydroxylation sites is 1. The first-order chi connectivity index (χ1) is 17.4. The molecule has 36 heavy (non-hydrogen) atoms. The Labute approximate surface area is 215 Å². The van der Waals surface area contributed by atoms with Crippen molar-refractivity contribution in [1.82, 2.24) is 14.1 Å². The second kappa shape index (κ2) is 8.62. The van der Waals surface area contributed by atoms with E-state index in [1.54, 1.807) is 18.4 Å². The first kappa shape index (κ1) is 22.5. The van der Waals surface area contributed by atoms with Gasteiger partial charge in [0.2, 0.25) is 0 Å². The highest BCUT2D eigenvalue weighted by Crippen LogP contribution is 2.48. The van der Waals surface area contributed by atoms with Crippen LogP contribution in [0.4, 0.5) is 5.82 Å². The summed E-state index contributed by atoms with van der Waals surface area (Å²) in [5, 5.41) is 4.88. The number of benzene rings is 3. The van der Waals surface area contributed by atoms with Crippen molar-refractivity contribution in [2.45, 2.75) is 5.92 Å². The molecule has 1 aliphatic rings. The Morgan fingerprint density at radius 1 is 0.889 bits per heavy atom. The fourth-order valence-corrected chi connectivity index (χ4v) is 5.97. The molecule has 0 radical (unpaired) electrons. The van der Waals surface area contributed by atoms with Gasteiger partial charge in [0.15, 0.2) is 0 Å². The second-order valence-electron chi connectivity index (χ2n) is 8.72. The van der Waals surface area contributed by atoms with Crippen LogP contribution in [0.3, 0.4) is 0 Å². The number of rotatable bonds is 3. The predicted octanol–water partition coefficient (Wildman–Crippen LogP) is 5.47. The molecule has 0 unspecified atom stereocenters. The third-order valence-corrected chi connectivity index (χ3v) is 7.90. The minimum absolute atomic E-state index is 0.341. The molecule has 6 rings (SSSR count). The molecular weight excluding hydrogens is 492 g/mol. The topological polar surface area (TPSA) is 68.9 Å². The van der Waals surface area contributed by atoms with E-state index >= 15 is 0 Å². The van der Waals surface area contributed by atoms with Crippen molar-refractivity contribution < 1.29 is 0 Å². The van der Waals surface area contributed by atoms with Crippen molar-refractivity contribution in [1.29, 1.82) is 0 Å². The van der Waals surface area contributed by atoms with Crippen LogP contribution in [-0.4, -0.2) is 14.1 Å². The summed E-state index contributed by atoms with van der Waals surface area (Å²) in [6, 6.07) is 25.4. The second-order valence-corrected chi connectivity index (χ2v) is 10.2. The Bertz CT molecular complexity index is 1750. The Morgan fingerprint density at radius 2 is 1.58 bits per heavy atom.